The topological polar surface area (TPSA) is 97.6 Å². The Morgan fingerprint density at radius 2 is 2.03 bits per heavy atom. The molecule has 1 N–H and O–H groups in total. The molecule has 1 saturated heterocycles. The van der Waals surface area contributed by atoms with Crippen LogP contribution in [0.5, 0.6) is 0 Å². The van der Waals surface area contributed by atoms with Gasteiger partial charge < -0.3 is 14.5 Å². The Bertz CT molecular complexity index is 1030. The highest BCUT2D eigenvalue weighted by Gasteiger charge is 2.26. The maximum absolute atomic E-state index is 12.8. The number of ether oxygens (including phenoxy) is 1. The number of hydrogen-bond donors (Lipinski definition) is 1. The predicted octanol–water partition coefficient (Wildman–Crippen LogP) is 3.06. The zero-order valence-corrected chi connectivity index (χ0v) is 17.9. The van der Waals surface area contributed by atoms with Crippen LogP contribution < -0.4 is 5.32 Å². The van der Waals surface area contributed by atoms with Crippen LogP contribution in [0, 0.1) is 0 Å². The molecular weight excluding hydrogens is 432 g/mol. The molecule has 0 radical (unpaired) electrons. The van der Waals surface area contributed by atoms with Gasteiger partial charge in [0.15, 0.2) is 4.34 Å². The van der Waals surface area contributed by atoms with Gasteiger partial charge in [-0.15, -0.1) is 10.2 Å². The van der Waals surface area contributed by atoms with Crippen LogP contribution in [0.15, 0.2) is 56.3 Å². The van der Waals surface area contributed by atoms with Gasteiger partial charge in [-0.05, 0) is 29.8 Å². The Labute approximate surface area is 177 Å². The number of hydrogen-bond acceptors (Lipinski definition) is 9. The molecule has 0 unspecified atom stereocenters. The molecule has 0 atom stereocenters. The molecule has 154 valence electrons. The van der Waals surface area contributed by atoms with Gasteiger partial charge in [0.05, 0.1) is 30.9 Å². The average Bonchev–Trinajstić information content (AvgIpc) is 3.43. The fourth-order valence-corrected chi connectivity index (χ4v) is 5.96. The summed E-state index contributed by atoms with van der Waals surface area (Å²) in [7, 11) is -3.49. The van der Waals surface area contributed by atoms with Crippen molar-refractivity contribution < 1.29 is 17.6 Å². The summed E-state index contributed by atoms with van der Waals surface area (Å²) in [5, 5.41) is 12.2. The van der Waals surface area contributed by atoms with Crippen molar-refractivity contribution in [3.8, 4) is 0 Å². The lowest BCUT2D eigenvalue weighted by molar-refractivity contribution is 0.0730. The molecule has 0 bridgehead atoms. The standard InChI is InChI=1S/C18H20N4O4S3/c23-29(24,22-6-9-25-10-7-22)16-5-1-3-14(11-16)13-27-18-21-20-17(28-18)19-12-15-4-2-8-26-15/h1-5,8,11H,6-7,9-10,12-13H2,(H,19,20). The number of benzene rings is 1. The van der Waals surface area contributed by atoms with Crippen LogP contribution in [0.1, 0.15) is 11.3 Å². The van der Waals surface area contributed by atoms with Gasteiger partial charge >= 0.3 is 0 Å². The minimum absolute atomic E-state index is 0.315. The number of nitrogens with zero attached hydrogens (tertiary/aromatic N) is 3. The van der Waals surface area contributed by atoms with Gasteiger partial charge in [-0.2, -0.15) is 4.31 Å². The van der Waals surface area contributed by atoms with Gasteiger partial charge in [-0.25, -0.2) is 8.42 Å². The lowest BCUT2D eigenvalue weighted by Crippen LogP contribution is -2.40. The number of morpholine rings is 1. The summed E-state index contributed by atoms with van der Waals surface area (Å²) in [6.07, 6.45) is 1.63. The highest BCUT2D eigenvalue weighted by atomic mass is 32.2. The summed E-state index contributed by atoms with van der Waals surface area (Å²) in [5.74, 6) is 1.44. The zero-order valence-electron chi connectivity index (χ0n) is 15.5. The third-order valence-corrected chi connectivity index (χ3v) is 8.25. The molecule has 1 aromatic carbocycles. The molecule has 4 rings (SSSR count). The first-order chi connectivity index (χ1) is 14.1. The van der Waals surface area contributed by atoms with E-state index in [1.165, 1.54) is 27.4 Å². The third kappa shape index (κ3) is 5.17. The summed E-state index contributed by atoms with van der Waals surface area (Å²) in [4.78, 5) is 0.315. The van der Waals surface area contributed by atoms with Crippen molar-refractivity contribution in [2.24, 2.45) is 0 Å². The Morgan fingerprint density at radius 1 is 1.17 bits per heavy atom. The lowest BCUT2D eigenvalue weighted by Gasteiger charge is -2.26. The Hall–Kier alpha value is -1.92. The van der Waals surface area contributed by atoms with Crippen molar-refractivity contribution in [2.75, 3.05) is 31.6 Å². The summed E-state index contributed by atoms with van der Waals surface area (Å²) >= 11 is 2.98. The predicted molar refractivity (Wildman–Crippen MR) is 112 cm³/mol. The second-order valence-corrected chi connectivity index (χ2v) is 10.4. The molecule has 0 saturated carbocycles. The monoisotopic (exact) mass is 452 g/mol. The highest BCUT2D eigenvalue weighted by Crippen LogP contribution is 2.29. The molecule has 2 aromatic heterocycles. The van der Waals surface area contributed by atoms with E-state index in [2.05, 4.69) is 15.5 Å². The van der Waals surface area contributed by atoms with E-state index in [1.54, 1.807) is 24.5 Å². The van der Waals surface area contributed by atoms with Crippen LogP contribution in [-0.4, -0.2) is 49.2 Å². The number of furan rings is 1. The summed E-state index contributed by atoms with van der Waals surface area (Å²) in [6.45, 7) is 2.19. The molecule has 1 fully saturated rings. The van der Waals surface area contributed by atoms with Crippen LogP contribution in [-0.2, 0) is 27.1 Å². The highest BCUT2D eigenvalue weighted by molar-refractivity contribution is 8.00. The summed E-state index contributed by atoms with van der Waals surface area (Å²) in [6, 6.07) is 10.8. The Kier molecular flexibility index (Phi) is 6.50. The molecule has 0 spiro atoms. The van der Waals surface area contributed by atoms with Crippen LogP contribution in [0.3, 0.4) is 0 Å². The average molecular weight is 453 g/mol. The molecule has 0 amide bonds. The zero-order chi connectivity index (χ0) is 20.1. The van der Waals surface area contributed by atoms with E-state index in [0.29, 0.717) is 48.6 Å². The van der Waals surface area contributed by atoms with Crippen LogP contribution >= 0.6 is 23.1 Å². The van der Waals surface area contributed by atoms with E-state index in [-0.39, 0.29) is 0 Å². The number of rotatable bonds is 8. The molecule has 1 aliphatic heterocycles. The SMILES string of the molecule is O=S(=O)(c1cccc(CSc2nnc(NCc3ccco3)s2)c1)N1CCOCC1. The molecule has 29 heavy (non-hydrogen) atoms. The number of aromatic nitrogens is 2. The van der Waals surface area contributed by atoms with Crippen molar-refractivity contribution in [3.05, 3.63) is 54.0 Å². The first-order valence-electron chi connectivity index (χ1n) is 9.01. The van der Waals surface area contributed by atoms with Crippen molar-refractivity contribution in [3.63, 3.8) is 0 Å². The van der Waals surface area contributed by atoms with Crippen molar-refractivity contribution >= 4 is 38.3 Å². The number of sulfonamides is 1. The maximum Gasteiger partial charge on any atom is 0.243 e. The fraction of sp³-hybridized carbons (Fsp3) is 0.333. The van der Waals surface area contributed by atoms with E-state index in [4.69, 9.17) is 9.15 Å². The smallest absolute Gasteiger partial charge is 0.243 e. The molecule has 0 aliphatic carbocycles. The van der Waals surface area contributed by atoms with Crippen LogP contribution in [0.25, 0.3) is 0 Å². The first kappa shape index (κ1) is 20.4. The minimum atomic E-state index is -3.49. The lowest BCUT2D eigenvalue weighted by atomic mass is 10.2. The van der Waals surface area contributed by atoms with E-state index in [9.17, 15) is 8.42 Å². The third-order valence-electron chi connectivity index (χ3n) is 4.27. The normalized spacial score (nSPS) is 15.4. The van der Waals surface area contributed by atoms with E-state index in [0.717, 1.165) is 15.7 Å². The second kappa shape index (κ2) is 9.26. The van der Waals surface area contributed by atoms with Gasteiger partial charge in [0.25, 0.3) is 0 Å². The van der Waals surface area contributed by atoms with Crippen molar-refractivity contribution in [1.82, 2.24) is 14.5 Å². The molecule has 1 aliphatic rings. The number of nitrogens with one attached hydrogen (secondary N) is 1. The Balaban J connectivity index is 1.36. The molecule has 8 nitrogen and oxygen atoms in total. The van der Waals surface area contributed by atoms with E-state index >= 15 is 0 Å². The number of thioether (sulfide) groups is 1. The largest absolute Gasteiger partial charge is 0.467 e. The van der Waals surface area contributed by atoms with Gasteiger partial charge in [-0.1, -0.05) is 35.2 Å². The quantitative estimate of drug-likeness (QED) is 0.521. The van der Waals surface area contributed by atoms with Crippen molar-refractivity contribution in [2.45, 2.75) is 21.5 Å². The van der Waals surface area contributed by atoms with Crippen LogP contribution in [0.4, 0.5) is 5.13 Å². The fourth-order valence-electron chi connectivity index (χ4n) is 2.79. The number of anilines is 1. The Morgan fingerprint density at radius 3 is 2.83 bits per heavy atom. The molecule has 11 heteroatoms. The van der Waals surface area contributed by atoms with Gasteiger partial charge in [0.2, 0.25) is 15.2 Å². The van der Waals surface area contributed by atoms with Gasteiger partial charge in [-0.3, -0.25) is 0 Å². The van der Waals surface area contributed by atoms with Crippen LogP contribution in [0.2, 0.25) is 0 Å². The molecule has 3 aromatic rings. The van der Waals surface area contributed by atoms with E-state index < -0.39 is 10.0 Å². The summed E-state index contributed by atoms with van der Waals surface area (Å²) < 4.78 is 38.4. The minimum Gasteiger partial charge on any atom is -0.467 e. The van der Waals surface area contributed by atoms with Gasteiger partial charge in [0, 0.05) is 18.8 Å². The van der Waals surface area contributed by atoms with E-state index in [1.807, 2.05) is 18.2 Å². The molecule has 3 heterocycles. The molecular formula is C18H20N4O4S3. The first-order valence-corrected chi connectivity index (χ1v) is 12.2. The summed E-state index contributed by atoms with van der Waals surface area (Å²) in [5.41, 5.74) is 0.921. The van der Waals surface area contributed by atoms with Crippen molar-refractivity contribution in [1.29, 1.82) is 0 Å². The maximum atomic E-state index is 12.8. The second-order valence-electron chi connectivity index (χ2n) is 6.26. The van der Waals surface area contributed by atoms with Gasteiger partial charge in [0.1, 0.15) is 5.76 Å².